The number of aromatic carboxylic acids is 1. The van der Waals surface area contributed by atoms with E-state index < -0.39 is 5.97 Å². The lowest BCUT2D eigenvalue weighted by atomic mass is 10.1. The highest BCUT2D eigenvalue weighted by Gasteiger charge is 2.13. The van der Waals surface area contributed by atoms with Gasteiger partial charge in [-0.2, -0.15) is 0 Å². The normalized spacial score (nSPS) is 12.3. The summed E-state index contributed by atoms with van der Waals surface area (Å²) >= 11 is 0. The lowest BCUT2D eigenvalue weighted by Gasteiger charge is -2.14. The fraction of sp³-hybridized carbons (Fsp3) is 0.308. The number of hydrogen-bond donors (Lipinski definition) is 2. The molecule has 1 aromatic carbocycles. The number of nitrogens with zero attached hydrogens (tertiary/aromatic N) is 3. The third-order valence-corrected chi connectivity index (χ3v) is 2.98. The van der Waals surface area contributed by atoms with E-state index in [9.17, 15) is 4.79 Å². The maximum Gasteiger partial charge on any atom is 0.336 e. The van der Waals surface area contributed by atoms with Gasteiger partial charge in [-0.25, -0.2) is 4.79 Å². The second-order valence-corrected chi connectivity index (χ2v) is 4.36. The van der Waals surface area contributed by atoms with Crippen molar-refractivity contribution in [3.05, 3.63) is 47.5 Å². The summed E-state index contributed by atoms with van der Waals surface area (Å²) in [7, 11) is 1.87. The van der Waals surface area contributed by atoms with E-state index in [2.05, 4.69) is 15.5 Å². The molecule has 0 aliphatic carbocycles. The molecule has 1 unspecified atom stereocenters. The minimum absolute atomic E-state index is 0.00523. The van der Waals surface area contributed by atoms with E-state index in [1.54, 1.807) is 24.5 Å². The third kappa shape index (κ3) is 2.97. The molecule has 1 aromatic heterocycles. The monoisotopic (exact) mass is 260 g/mol. The van der Waals surface area contributed by atoms with Crippen LogP contribution in [0.5, 0.6) is 0 Å². The fourth-order valence-corrected chi connectivity index (χ4v) is 1.92. The number of aromatic nitrogens is 3. The maximum absolute atomic E-state index is 11.1. The Bertz CT molecular complexity index is 580. The number of carbonyl (C=O) groups is 1. The summed E-state index contributed by atoms with van der Waals surface area (Å²) in [6.07, 6.45) is 1.64. The summed E-state index contributed by atoms with van der Waals surface area (Å²) < 4.78 is 1.83. The van der Waals surface area contributed by atoms with Gasteiger partial charge in [-0.1, -0.05) is 18.2 Å². The highest BCUT2D eigenvalue weighted by molar-refractivity contribution is 5.89. The van der Waals surface area contributed by atoms with Crippen molar-refractivity contribution < 1.29 is 9.90 Å². The fourth-order valence-electron chi connectivity index (χ4n) is 1.92. The number of rotatable bonds is 5. The van der Waals surface area contributed by atoms with Crippen LogP contribution in [0.25, 0.3) is 0 Å². The molecule has 0 saturated heterocycles. The summed E-state index contributed by atoms with van der Waals surface area (Å²) in [5, 5.41) is 20.2. The molecule has 0 bridgehead atoms. The molecule has 2 rings (SSSR count). The topological polar surface area (TPSA) is 80.0 Å². The van der Waals surface area contributed by atoms with Gasteiger partial charge in [-0.05, 0) is 18.6 Å². The van der Waals surface area contributed by atoms with Crippen LogP contribution in [0.2, 0.25) is 0 Å². The Morgan fingerprint density at radius 1 is 1.47 bits per heavy atom. The molecule has 0 aliphatic rings. The Kier molecular flexibility index (Phi) is 3.91. The molecule has 2 aromatic rings. The summed E-state index contributed by atoms with van der Waals surface area (Å²) in [6.45, 7) is 2.43. The molecule has 6 nitrogen and oxygen atoms in total. The van der Waals surface area contributed by atoms with Crippen LogP contribution < -0.4 is 5.32 Å². The average Bonchev–Trinajstić information content (AvgIpc) is 2.82. The van der Waals surface area contributed by atoms with Crippen LogP contribution in [-0.4, -0.2) is 25.8 Å². The van der Waals surface area contributed by atoms with Gasteiger partial charge in [0.1, 0.15) is 12.2 Å². The van der Waals surface area contributed by atoms with Crippen molar-refractivity contribution in [3.63, 3.8) is 0 Å². The van der Waals surface area contributed by atoms with E-state index in [1.165, 1.54) is 0 Å². The van der Waals surface area contributed by atoms with Gasteiger partial charge in [0.15, 0.2) is 0 Å². The van der Waals surface area contributed by atoms with Crippen LogP contribution >= 0.6 is 0 Å². The third-order valence-electron chi connectivity index (χ3n) is 2.98. The number of carboxylic acid groups (broad SMARTS) is 1. The smallest absolute Gasteiger partial charge is 0.336 e. The Labute approximate surface area is 111 Å². The zero-order chi connectivity index (χ0) is 13.8. The number of hydrogen-bond acceptors (Lipinski definition) is 4. The predicted octanol–water partition coefficient (Wildman–Crippen LogP) is 1.36. The van der Waals surface area contributed by atoms with Crippen molar-refractivity contribution in [2.45, 2.75) is 19.5 Å². The number of aryl methyl sites for hydroxylation is 1. The average molecular weight is 260 g/mol. The van der Waals surface area contributed by atoms with Gasteiger partial charge in [0, 0.05) is 13.6 Å². The van der Waals surface area contributed by atoms with Gasteiger partial charge in [0.2, 0.25) is 0 Å². The van der Waals surface area contributed by atoms with Crippen molar-refractivity contribution in [1.82, 2.24) is 20.1 Å². The van der Waals surface area contributed by atoms with Crippen LogP contribution in [0.3, 0.4) is 0 Å². The van der Waals surface area contributed by atoms with Crippen molar-refractivity contribution in [2.24, 2.45) is 7.05 Å². The summed E-state index contributed by atoms with van der Waals surface area (Å²) in [5.74, 6) is -0.100. The first-order valence-corrected chi connectivity index (χ1v) is 5.98. The first-order valence-electron chi connectivity index (χ1n) is 5.98. The lowest BCUT2D eigenvalue weighted by Crippen LogP contribution is -2.22. The largest absolute Gasteiger partial charge is 0.478 e. The molecular weight excluding hydrogens is 244 g/mol. The molecule has 6 heteroatoms. The van der Waals surface area contributed by atoms with Crippen LogP contribution in [0.15, 0.2) is 30.6 Å². The Morgan fingerprint density at radius 2 is 2.21 bits per heavy atom. The highest BCUT2D eigenvalue weighted by atomic mass is 16.4. The first kappa shape index (κ1) is 13.2. The van der Waals surface area contributed by atoms with Crippen molar-refractivity contribution >= 4 is 5.97 Å². The second-order valence-electron chi connectivity index (χ2n) is 4.36. The number of nitrogens with one attached hydrogen (secondary N) is 1. The SMILES string of the molecule is CC(NCc1ccccc1C(=O)O)c1nncn1C. The van der Waals surface area contributed by atoms with Crippen molar-refractivity contribution in [1.29, 1.82) is 0 Å². The lowest BCUT2D eigenvalue weighted by molar-refractivity contribution is 0.0695. The molecule has 2 N–H and O–H groups in total. The van der Waals surface area contributed by atoms with E-state index in [-0.39, 0.29) is 6.04 Å². The van der Waals surface area contributed by atoms with Gasteiger partial charge in [-0.3, -0.25) is 0 Å². The molecule has 0 amide bonds. The van der Waals surface area contributed by atoms with E-state index in [0.717, 1.165) is 11.4 Å². The number of benzene rings is 1. The Hall–Kier alpha value is -2.21. The van der Waals surface area contributed by atoms with Gasteiger partial charge < -0.3 is 15.0 Å². The zero-order valence-electron chi connectivity index (χ0n) is 10.9. The molecule has 1 atom stereocenters. The Balaban J connectivity index is 2.07. The summed E-state index contributed by atoms with van der Waals surface area (Å²) in [4.78, 5) is 11.1. The molecular formula is C13H16N4O2. The van der Waals surface area contributed by atoms with E-state index >= 15 is 0 Å². The predicted molar refractivity (Wildman–Crippen MR) is 69.7 cm³/mol. The number of carboxylic acids is 1. The van der Waals surface area contributed by atoms with Crippen molar-refractivity contribution in [2.75, 3.05) is 0 Å². The maximum atomic E-state index is 11.1. The summed E-state index contributed by atoms with van der Waals surface area (Å²) in [5.41, 5.74) is 1.07. The Morgan fingerprint density at radius 3 is 2.84 bits per heavy atom. The van der Waals surface area contributed by atoms with Gasteiger partial charge in [0.05, 0.1) is 11.6 Å². The van der Waals surface area contributed by atoms with E-state index in [0.29, 0.717) is 12.1 Å². The highest BCUT2D eigenvalue weighted by Crippen LogP contribution is 2.12. The van der Waals surface area contributed by atoms with Gasteiger partial charge in [-0.15, -0.1) is 10.2 Å². The minimum Gasteiger partial charge on any atom is -0.478 e. The molecule has 100 valence electrons. The van der Waals surface area contributed by atoms with Gasteiger partial charge in [0.25, 0.3) is 0 Å². The molecule has 0 spiro atoms. The minimum atomic E-state index is -0.913. The zero-order valence-corrected chi connectivity index (χ0v) is 10.9. The molecule has 0 saturated carbocycles. The van der Waals surface area contributed by atoms with Crippen LogP contribution in [0.4, 0.5) is 0 Å². The standard InChI is InChI=1S/C13H16N4O2/c1-9(12-16-15-8-17(12)2)14-7-10-5-3-4-6-11(10)13(18)19/h3-6,8-9,14H,7H2,1-2H3,(H,18,19). The van der Waals surface area contributed by atoms with Crippen LogP contribution in [-0.2, 0) is 13.6 Å². The second kappa shape index (κ2) is 5.62. The van der Waals surface area contributed by atoms with Crippen LogP contribution in [0, 0.1) is 0 Å². The van der Waals surface area contributed by atoms with E-state index in [4.69, 9.17) is 5.11 Å². The molecule has 1 heterocycles. The molecule has 0 radical (unpaired) electrons. The quantitative estimate of drug-likeness (QED) is 0.848. The van der Waals surface area contributed by atoms with E-state index in [1.807, 2.05) is 24.6 Å². The molecule has 19 heavy (non-hydrogen) atoms. The first-order chi connectivity index (χ1) is 9.09. The van der Waals surface area contributed by atoms with Gasteiger partial charge >= 0.3 is 5.97 Å². The van der Waals surface area contributed by atoms with Crippen LogP contribution in [0.1, 0.15) is 34.7 Å². The van der Waals surface area contributed by atoms with Crippen molar-refractivity contribution in [3.8, 4) is 0 Å². The molecule has 0 fully saturated rings. The molecule has 0 aliphatic heterocycles. The summed E-state index contributed by atoms with van der Waals surface area (Å²) in [6, 6.07) is 6.95.